The van der Waals surface area contributed by atoms with E-state index in [0.717, 1.165) is 43.9 Å². The van der Waals surface area contributed by atoms with Crippen LogP contribution in [0.3, 0.4) is 0 Å². The highest BCUT2D eigenvalue weighted by molar-refractivity contribution is 7.22. The van der Waals surface area contributed by atoms with Gasteiger partial charge in [-0.2, -0.15) is 0 Å². The van der Waals surface area contributed by atoms with E-state index < -0.39 is 0 Å². The maximum atomic E-state index is 12.9. The highest BCUT2D eigenvalue weighted by Crippen LogP contribution is 2.38. The Hall–Kier alpha value is -2.74. The molecule has 3 heterocycles. The van der Waals surface area contributed by atoms with Crippen molar-refractivity contribution in [1.29, 1.82) is 0 Å². The molecule has 0 radical (unpaired) electrons. The zero-order chi connectivity index (χ0) is 21.7. The summed E-state index contributed by atoms with van der Waals surface area (Å²) in [6.07, 6.45) is 0.833. The number of anilines is 2. The topological polar surface area (TPSA) is 62.3 Å². The molecule has 0 aliphatic carbocycles. The van der Waals surface area contributed by atoms with Crippen molar-refractivity contribution in [2.24, 2.45) is 0 Å². The van der Waals surface area contributed by atoms with Gasteiger partial charge in [-0.15, -0.1) is 22.7 Å². The van der Waals surface area contributed by atoms with Crippen molar-refractivity contribution in [2.45, 2.75) is 20.3 Å². The van der Waals surface area contributed by atoms with Gasteiger partial charge in [0.25, 0.3) is 5.91 Å². The van der Waals surface area contributed by atoms with Gasteiger partial charge in [0.1, 0.15) is 4.88 Å². The van der Waals surface area contributed by atoms with E-state index in [4.69, 9.17) is 11.6 Å². The van der Waals surface area contributed by atoms with Gasteiger partial charge in [0.2, 0.25) is 5.91 Å². The fraction of sp³-hybridized carbons (Fsp3) is 0.174. The Labute approximate surface area is 192 Å². The first-order valence-electron chi connectivity index (χ1n) is 9.79. The van der Waals surface area contributed by atoms with Crippen LogP contribution in [-0.2, 0) is 11.2 Å². The summed E-state index contributed by atoms with van der Waals surface area (Å²) >= 11 is 9.26. The van der Waals surface area contributed by atoms with E-state index in [1.165, 1.54) is 22.7 Å². The summed E-state index contributed by atoms with van der Waals surface area (Å²) in [6.45, 7) is 4.29. The number of hydrogen-bond acceptors (Lipinski definition) is 5. The van der Waals surface area contributed by atoms with Crippen LogP contribution in [0.4, 0.5) is 10.8 Å². The Bertz CT molecular complexity index is 1360. The van der Waals surface area contributed by atoms with Gasteiger partial charge < -0.3 is 4.90 Å². The van der Waals surface area contributed by atoms with E-state index in [2.05, 4.69) is 16.4 Å². The smallest absolute Gasteiger partial charge is 0.269 e. The predicted molar refractivity (Wildman–Crippen MR) is 129 cm³/mol. The molecule has 2 amide bonds. The number of halogens is 1. The van der Waals surface area contributed by atoms with E-state index in [0.29, 0.717) is 21.6 Å². The molecule has 156 valence electrons. The number of carbonyl (C=O) groups is 2. The summed E-state index contributed by atoms with van der Waals surface area (Å²) in [7, 11) is 0. The minimum atomic E-state index is -0.252. The number of rotatable bonds is 3. The first-order valence-corrected chi connectivity index (χ1v) is 11.8. The lowest BCUT2D eigenvalue weighted by molar-refractivity contribution is -0.116. The van der Waals surface area contributed by atoms with Gasteiger partial charge in [-0.05, 0) is 37.1 Å². The number of carbonyl (C=O) groups excluding carboxylic acids is 2. The van der Waals surface area contributed by atoms with Crippen molar-refractivity contribution in [1.82, 2.24) is 4.98 Å². The summed E-state index contributed by atoms with van der Waals surface area (Å²) in [5.74, 6) is -0.196. The molecule has 1 N–H and O–H groups in total. The third kappa shape index (κ3) is 3.52. The van der Waals surface area contributed by atoms with Crippen LogP contribution >= 0.6 is 34.3 Å². The molecule has 8 heteroatoms. The van der Waals surface area contributed by atoms with Crippen LogP contribution in [0.5, 0.6) is 0 Å². The van der Waals surface area contributed by atoms with Crippen LogP contribution in [0, 0.1) is 6.92 Å². The molecule has 0 spiro atoms. The van der Waals surface area contributed by atoms with Crippen molar-refractivity contribution in [3.63, 3.8) is 0 Å². The van der Waals surface area contributed by atoms with E-state index in [1.54, 1.807) is 11.8 Å². The Balaban J connectivity index is 1.42. The SMILES string of the molecule is CC(=O)N1CCc2cc(-c3nc(NC(=O)c4sc5ccccc5c4Cl)sc3C)ccc21. The van der Waals surface area contributed by atoms with Gasteiger partial charge in [-0.1, -0.05) is 35.9 Å². The average molecular weight is 468 g/mol. The van der Waals surface area contributed by atoms with Crippen molar-refractivity contribution in [3.05, 3.63) is 62.8 Å². The van der Waals surface area contributed by atoms with Crippen molar-refractivity contribution in [2.75, 3.05) is 16.8 Å². The second-order valence-electron chi connectivity index (χ2n) is 7.38. The molecule has 1 aliphatic heterocycles. The third-order valence-electron chi connectivity index (χ3n) is 5.39. The van der Waals surface area contributed by atoms with Crippen molar-refractivity contribution in [3.8, 4) is 11.3 Å². The van der Waals surface area contributed by atoms with Gasteiger partial charge in [0.05, 0.1) is 10.7 Å². The molecule has 0 saturated heterocycles. The van der Waals surface area contributed by atoms with Crippen LogP contribution in [0.15, 0.2) is 42.5 Å². The fourth-order valence-electron chi connectivity index (χ4n) is 3.91. The summed E-state index contributed by atoms with van der Waals surface area (Å²) in [4.78, 5) is 32.6. The highest BCUT2D eigenvalue weighted by Gasteiger charge is 2.24. The number of nitrogens with zero attached hydrogens (tertiary/aromatic N) is 2. The molecule has 0 bridgehead atoms. The van der Waals surface area contributed by atoms with E-state index >= 15 is 0 Å². The average Bonchev–Trinajstić information content (AvgIpc) is 3.43. The van der Waals surface area contributed by atoms with Crippen molar-refractivity contribution < 1.29 is 9.59 Å². The zero-order valence-electron chi connectivity index (χ0n) is 16.9. The van der Waals surface area contributed by atoms with Crippen LogP contribution in [0.25, 0.3) is 21.3 Å². The number of thiazole rings is 1. The molecule has 5 nitrogen and oxygen atoms in total. The number of amides is 2. The summed E-state index contributed by atoms with van der Waals surface area (Å²) in [5.41, 5.74) is 3.94. The Morgan fingerprint density at radius 2 is 1.97 bits per heavy atom. The van der Waals surface area contributed by atoms with Gasteiger partial charge in [-0.3, -0.25) is 14.9 Å². The van der Waals surface area contributed by atoms with Gasteiger partial charge in [0, 0.05) is 39.7 Å². The quantitative estimate of drug-likeness (QED) is 0.393. The van der Waals surface area contributed by atoms with Crippen LogP contribution in [0.2, 0.25) is 5.02 Å². The first-order chi connectivity index (χ1) is 14.9. The highest BCUT2D eigenvalue weighted by atomic mass is 35.5. The number of fused-ring (bicyclic) bond motifs is 2. The molecule has 2 aromatic heterocycles. The molecular formula is C23H18ClN3O2S2. The molecular weight excluding hydrogens is 450 g/mol. The number of thiophene rings is 1. The minimum Gasteiger partial charge on any atom is -0.312 e. The van der Waals surface area contributed by atoms with Gasteiger partial charge >= 0.3 is 0 Å². The maximum Gasteiger partial charge on any atom is 0.269 e. The number of aromatic nitrogens is 1. The number of nitrogens with one attached hydrogen (secondary N) is 1. The molecule has 0 atom stereocenters. The molecule has 0 unspecified atom stereocenters. The zero-order valence-corrected chi connectivity index (χ0v) is 19.2. The lowest BCUT2D eigenvalue weighted by Crippen LogP contribution is -2.25. The monoisotopic (exact) mass is 467 g/mol. The summed E-state index contributed by atoms with van der Waals surface area (Å²) in [5, 5.41) is 4.80. The predicted octanol–water partition coefficient (Wildman–Crippen LogP) is 6.15. The Kier molecular flexibility index (Phi) is 5.04. The summed E-state index contributed by atoms with van der Waals surface area (Å²) in [6, 6.07) is 13.8. The van der Waals surface area contributed by atoms with Gasteiger partial charge in [-0.25, -0.2) is 4.98 Å². The van der Waals surface area contributed by atoms with E-state index in [1.807, 2.05) is 43.3 Å². The first kappa shape index (κ1) is 20.2. The maximum absolute atomic E-state index is 12.9. The summed E-state index contributed by atoms with van der Waals surface area (Å²) < 4.78 is 0.978. The van der Waals surface area contributed by atoms with Crippen molar-refractivity contribution >= 4 is 67.0 Å². The lowest BCUT2D eigenvalue weighted by atomic mass is 10.1. The molecule has 4 aromatic rings. The van der Waals surface area contributed by atoms with Crippen LogP contribution in [0.1, 0.15) is 27.0 Å². The molecule has 2 aromatic carbocycles. The Morgan fingerprint density at radius 3 is 2.74 bits per heavy atom. The standard InChI is InChI=1S/C23H18ClN3O2S2/c1-12-20(15-7-8-17-14(11-15)9-10-27(17)13(2)28)25-23(30-12)26-22(29)21-19(24)16-5-3-4-6-18(16)31-21/h3-8,11H,9-10H2,1-2H3,(H,25,26,29). The van der Waals surface area contributed by atoms with Crippen LogP contribution in [-0.4, -0.2) is 23.3 Å². The minimum absolute atomic E-state index is 0.0567. The number of benzene rings is 2. The third-order valence-corrected chi connectivity index (χ3v) is 7.95. The van der Waals surface area contributed by atoms with E-state index in [9.17, 15) is 9.59 Å². The molecule has 0 fully saturated rings. The fourth-order valence-corrected chi connectivity index (χ4v) is 6.15. The normalized spacial score (nSPS) is 12.9. The molecule has 1 aliphatic rings. The second kappa shape index (κ2) is 7.75. The largest absolute Gasteiger partial charge is 0.312 e. The molecule has 0 saturated carbocycles. The van der Waals surface area contributed by atoms with E-state index in [-0.39, 0.29) is 11.8 Å². The van der Waals surface area contributed by atoms with Gasteiger partial charge in [0.15, 0.2) is 5.13 Å². The Morgan fingerprint density at radius 1 is 1.16 bits per heavy atom. The number of hydrogen-bond donors (Lipinski definition) is 1. The number of aryl methyl sites for hydroxylation is 1. The lowest BCUT2D eigenvalue weighted by Gasteiger charge is -2.14. The molecule has 5 rings (SSSR count). The second-order valence-corrected chi connectivity index (χ2v) is 10.0. The van der Waals surface area contributed by atoms with Crippen LogP contribution < -0.4 is 10.2 Å². The molecule has 31 heavy (non-hydrogen) atoms.